The van der Waals surface area contributed by atoms with Gasteiger partial charge in [0.25, 0.3) is 5.91 Å². The molecule has 1 saturated heterocycles. The molecule has 0 radical (unpaired) electrons. The van der Waals surface area contributed by atoms with Crippen molar-refractivity contribution in [3.05, 3.63) is 35.9 Å². The maximum absolute atomic E-state index is 11.9. The van der Waals surface area contributed by atoms with Crippen LogP contribution < -0.4 is 5.32 Å². The van der Waals surface area contributed by atoms with Crippen LogP contribution in [0.15, 0.2) is 30.3 Å². The van der Waals surface area contributed by atoms with Crippen molar-refractivity contribution in [3.63, 3.8) is 0 Å². The Kier molecular flexibility index (Phi) is 2.00. The lowest BCUT2D eigenvalue weighted by molar-refractivity contribution is -0.130. The summed E-state index contributed by atoms with van der Waals surface area (Å²) < 4.78 is 0. The molecule has 1 heterocycles. The van der Waals surface area contributed by atoms with Crippen LogP contribution in [0.5, 0.6) is 0 Å². The number of likely N-dealkylation sites (N-methyl/N-ethyl adjacent to an activating group) is 1. The highest BCUT2D eigenvalue weighted by molar-refractivity contribution is 6.06. The highest BCUT2D eigenvalue weighted by atomic mass is 16.2. The van der Waals surface area contributed by atoms with Gasteiger partial charge in [-0.3, -0.25) is 9.69 Å². The molecule has 15 heavy (non-hydrogen) atoms. The van der Waals surface area contributed by atoms with Crippen molar-refractivity contribution in [2.75, 3.05) is 7.05 Å². The third-order valence-corrected chi connectivity index (χ3v) is 2.75. The smallest absolute Gasteiger partial charge is 0.319 e. The summed E-state index contributed by atoms with van der Waals surface area (Å²) in [6.45, 7) is 1.71. The Labute approximate surface area is 87.9 Å². The number of rotatable bonds is 1. The zero-order valence-electron chi connectivity index (χ0n) is 8.65. The summed E-state index contributed by atoms with van der Waals surface area (Å²) in [6, 6.07) is 8.87. The van der Waals surface area contributed by atoms with Crippen LogP contribution in [-0.4, -0.2) is 23.9 Å². The highest BCUT2D eigenvalue weighted by Crippen LogP contribution is 2.27. The standard InChI is InChI=1S/C11H12N2O2/c1-11(8-6-4-3-5-7-8)9(14)13(2)10(15)12-11/h3-7H,1-2H3,(H,12,15)/t11-/m1/s1. The zero-order chi connectivity index (χ0) is 11.1. The van der Waals surface area contributed by atoms with E-state index in [-0.39, 0.29) is 11.9 Å². The number of benzene rings is 1. The molecule has 3 amide bonds. The highest BCUT2D eigenvalue weighted by Gasteiger charge is 2.47. The summed E-state index contributed by atoms with van der Waals surface area (Å²) in [5.41, 5.74) is -0.125. The molecular formula is C11H12N2O2. The van der Waals surface area contributed by atoms with Crippen LogP contribution in [0.1, 0.15) is 12.5 Å². The molecule has 1 fully saturated rings. The van der Waals surface area contributed by atoms with Gasteiger partial charge in [0, 0.05) is 7.05 Å². The number of carbonyl (C=O) groups excluding carboxylic acids is 2. The monoisotopic (exact) mass is 204 g/mol. The van der Waals surface area contributed by atoms with Gasteiger partial charge in [-0.1, -0.05) is 30.3 Å². The van der Waals surface area contributed by atoms with E-state index < -0.39 is 5.54 Å². The van der Waals surface area contributed by atoms with Crippen LogP contribution in [0.4, 0.5) is 4.79 Å². The largest absolute Gasteiger partial charge is 0.325 e. The Hall–Kier alpha value is -1.84. The summed E-state index contributed by atoms with van der Waals surface area (Å²) >= 11 is 0. The van der Waals surface area contributed by atoms with E-state index in [1.54, 1.807) is 6.92 Å². The van der Waals surface area contributed by atoms with Crippen LogP contribution in [0.3, 0.4) is 0 Å². The minimum absolute atomic E-state index is 0.223. The second-order valence-corrected chi connectivity index (χ2v) is 3.79. The van der Waals surface area contributed by atoms with Gasteiger partial charge in [0.2, 0.25) is 0 Å². The fourth-order valence-electron chi connectivity index (χ4n) is 1.75. The first kappa shape index (κ1) is 9.71. The first-order valence-corrected chi connectivity index (χ1v) is 4.71. The normalized spacial score (nSPS) is 25.6. The van der Waals surface area contributed by atoms with Crippen molar-refractivity contribution < 1.29 is 9.59 Å². The minimum Gasteiger partial charge on any atom is -0.319 e. The second kappa shape index (κ2) is 3.08. The maximum Gasteiger partial charge on any atom is 0.325 e. The summed E-state index contributed by atoms with van der Waals surface area (Å²) in [5, 5.41) is 2.68. The molecule has 2 rings (SSSR count). The third kappa shape index (κ3) is 1.29. The summed E-state index contributed by atoms with van der Waals surface area (Å²) in [4.78, 5) is 24.4. The van der Waals surface area contributed by atoms with Crippen molar-refractivity contribution in [1.29, 1.82) is 0 Å². The SMILES string of the molecule is CN1C(=O)N[C@](C)(c2ccccc2)C1=O. The van der Waals surface area contributed by atoms with Crippen molar-refractivity contribution >= 4 is 11.9 Å². The van der Waals surface area contributed by atoms with Gasteiger partial charge < -0.3 is 5.32 Å². The first-order valence-electron chi connectivity index (χ1n) is 4.71. The van der Waals surface area contributed by atoms with Gasteiger partial charge in [0.1, 0.15) is 5.54 Å². The fourth-order valence-corrected chi connectivity index (χ4v) is 1.75. The van der Waals surface area contributed by atoms with Crippen LogP contribution >= 0.6 is 0 Å². The van der Waals surface area contributed by atoms with E-state index in [0.717, 1.165) is 10.5 Å². The van der Waals surface area contributed by atoms with E-state index in [1.807, 2.05) is 30.3 Å². The lowest BCUT2D eigenvalue weighted by atomic mass is 9.92. The first-order chi connectivity index (χ1) is 7.05. The van der Waals surface area contributed by atoms with E-state index in [9.17, 15) is 9.59 Å². The van der Waals surface area contributed by atoms with Crippen LogP contribution in [-0.2, 0) is 10.3 Å². The average Bonchev–Trinajstić information content (AvgIpc) is 2.45. The maximum atomic E-state index is 11.9. The number of hydrogen-bond acceptors (Lipinski definition) is 2. The lowest BCUT2D eigenvalue weighted by Crippen LogP contribution is -2.40. The van der Waals surface area contributed by atoms with E-state index in [1.165, 1.54) is 7.05 Å². The van der Waals surface area contributed by atoms with Gasteiger partial charge in [0.15, 0.2) is 0 Å². The number of urea groups is 1. The van der Waals surface area contributed by atoms with Crippen LogP contribution in [0.25, 0.3) is 0 Å². The van der Waals surface area contributed by atoms with E-state index >= 15 is 0 Å². The third-order valence-electron chi connectivity index (χ3n) is 2.75. The molecule has 0 saturated carbocycles. The fraction of sp³-hybridized carbons (Fsp3) is 0.273. The Morgan fingerprint density at radius 2 is 1.80 bits per heavy atom. The molecule has 0 spiro atoms. The van der Waals surface area contributed by atoms with Crippen molar-refractivity contribution in [1.82, 2.24) is 10.2 Å². The Morgan fingerprint density at radius 1 is 1.20 bits per heavy atom. The topological polar surface area (TPSA) is 49.4 Å². The van der Waals surface area contributed by atoms with Gasteiger partial charge in [-0.15, -0.1) is 0 Å². The number of amides is 3. The van der Waals surface area contributed by atoms with Gasteiger partial charge in [-0.25, -0.2) is 4.79 Å². The Bertz CT molecular complexity index is 416. The van der Waals surface area contributed by atoms with Crippen molar-refractivity contribution in [2.24, 2.45) is 0 Å². The predicted octanol–water partition coefficient (Wildman–Crippen LogP) is 1.08. The van der Waals surface area contributed by atoms with E-state index in [4.69, 9.17) is 0 Å². The molecule has 0 aliphatic carbocycles. The molecule has 4 nitrogen and oxygen atoms in total. The van der Waals surface area contributed by atoms with E-state index in [0.29, 0.717) is 0 Å². The van der Waals surface area contributed by atoms with Crippen molar-refractivity contribution in [2.45, 2.75) is 12.5 Å². The Balaban J connectivity index is 2.45. The van der Waals surface area contributed by atoms with E-state index in [2.05, 4.69) is 5.32 Å². The molecule has 1 atom stereocenters. The van der Waals surface area contributed by atoms with Gasteiger partial charge in [-0.05, 0) is 12.5 Å². The summed E-state index contributed by atoms with van der Waals surface area (Å²) in [6.07, 6.45) is 0. The summed E-state index contributed by atoms with van der Waals surface area (Å²) in [5.74, 6) is -0.223. The number of hydrogen-bond donors (Lipinski definition) is 1. The molecule has 1 aromatic carbocycles. The number of imide groups is 1. The van der Waals surface area contributed by atoms with Gasteiger partial charge in [-0.2, -0.15) is 0 Å². The van der Waals surface area contributed by atoms with Gasteiger partial charge in [0.05, 0.1) is 0 Å². The number of nitrogens with zero attached hydrogens (tertiary/aromatic N) is 1. The van der Waals surface area contributed by atoms with Crippen LogP contribution in [0.2, 0.25) is 0 Å². The Morgan fingerprint density at radius 3 is 2.27 bits per heavy atom. The number of nitrogens with one attached hydrogen (secondary N) is 1. The molecular weight excluding hydrogens is 192 g/mol. The van der Waals surface area contributed by atoms with Crippen molar-refractivity contribution in [3.8, 4) is 0 Å². The molecule has 4 heteroatoms. The molecule has 78 valence electrons. The second-order valence-electron chi connectivity index (χ2n) is 3.79. The predicted molar refractivity (Wildman–Crippen MR) is 55.1 cm³/mol. The quantitative estimate of drug-likeness (QED) is 0.696. The van der Waals surface area contributed by atoms with Crippen LogP contribution in [0, 0.1) is 0 Å². The molecule has 1 N–H and O–H groups in total. The zero-order valence-corrected chi connectivity index (χ0v) is 8.65. The number of carbonyl (C=O) groups is 2. The molecule has 1 aromatic rings. The lowest BCUT2D eigenvalue weighted by Gasteiger charge is -2.21. The molecule has 1 aliphatic heterocycles. The average molecular weight is 204 g/mol. The molecule has 0 unspecified atom stereocenters. The summed E-state index contributed by atoms with van der Waals surface area (Å²) in [7, 11) is 1.48. The molecule has 0 aromatic heterocycles. The van der Waals surface area contributed by atoms with Gasteiger partial charge >= 0.3 is 6.03 Å². The minimum atomic E-state index is -0.924. The molecule has 0 bridgehead atoms. The molecule has 1 aliphatic rings.